The van der Waals surface area contributed by atoms with E-state index in [1.807, 2.05) is 47.8 Å². The molecule has 3 aromatic rings. The van der Waals surface area contributed by atoms with Crippen molar-refractivity contribution >= 4 is 17.2 Å². The van der Waals surface area contributed by atoms with Gasteiger partial charge < -0.3 is 9.42 Å². The van der Waals surface area contributed by atoms with Gasteiger partial charge in [-0.15, -0.1) is 17.9 Å². The second-order valence-electron chi connectivity index (χ2n) is 5.00. The molecule has 0 N–H and O–H groups in total. The van der Waals surface area contributed by atoms with Crippen LogP contribution in [0.25, 0.3) is 11.3 Å². The number of amides is 1. The van der Waals surface area contributed by atoms with Crippen molar-refractivity contribution in [2.24, 2.45) is 0 Å². The molecule has 2 aromatic heterocycles. The summed E-state index contributed by atoms with van der Waals surface area (Å²) in [5.41, 5.74) is 1.20. The first-order valence-electron chi connectivity index (χ1n) is 7.22. The molecule has 5 heteroatoms. The first-order valence-corrected chi connectivity index (χ1v) is 8.10. The van der Waals surface area contributed by atoms with Crippen molar-refractivity contribution < 1.29 is 9.32 Å². The molecule has 0 bridgehead atoms. The summed E-state index contributed by atoms with van der Waals surface area (Å²) in [5.74, 6) is 0.424. The van der Waals surface area contributed by atoms with E-state index in [1.54, 1.807) is 28.4 Å². The number of benzene rings is 1. The van der Waals surface area contributed by atoms with Gasteiger partial charge in [0.1, 0.15) is 0 Å². The molecule has 0 aliphatic rings. The summed E-state index contributed by atoms with van der Waals surface area (Å²) in [7, 11) is 0. The van der Waals surface area contributed by atoms with E-state index in [4.69, 9.17) is 4.52 Å². The van der Waals surface area contributed by atoms with E-state index in [1.165, 1.54) is 0 Å². The minimum absolute atomic E-state index is 0.163. The zero-order chi connectivity index (χ0) is 16.1. The Morgan fingerprint density at radius 1 is 1.26 bits per heavy atom. The number of rotatable bonds is 6. The summed E-state index contributed by atoms with van der Waals surface area (Å²) in [6.07, 6.45) is 1.71. The van der Waals surface area contributed by atoms with Crippen LogP contribution in [0.1, 0.15) is 15.4 Å². The van der Waals surface area contributed by atoms with Crippen LogP contribution in [0.3, 0.4) is 0 Å². The summed E-state index contributed by atoms with van der Waals surface area (Å²) < 4.78 is 5.31. The van der Waals surface area contributed by atoms with E-state index in [0.717, 1.165) is 10.4 Å². The van der Waals surface area contributed by atoms with Gasteiger partial charge in [0.15, 0.2) is 11.5 Å². The van der Waals surface area contributed by atoms with E-state index in [0.29, 0.717) is 24.5 Å². The number of carbonyl (C=O) groups excluding carboxylic acids is 1. The summed E-state index contributed by atoms with van der Waals surface area (Å²) in [5, 5.41) is 5.92. The van der Waals surface area contributed by atoms with Crippen LogP contribution in [-0.2, 0) is 6.54 Å². The molecule has 116 valence electrons. The third kappa shape index (κ3) is 3.57. The largest absolute Gasteiger partial charge is 0.355 e. The van der Waals surface area contributed by atoms with Crippen LogP contribution in [0, 0.1) is 0 Å². The quantitative estimate of drug-likeness (QED) is 0.637. The molecule has 0 radical (unpaired) electrons. The van der Waals surface area contributed by atoms with E-state index >= 15 is 0 Å². The number of thiophene rings is 1. The molecule has 0 aliphatic heterocycles. The third-order valence-corrected chi connectivity index (χ3v) is 4.21. The van der Waals surface area contributed by atoms with Gasteiger partial charge >= 0.3 is 0 Å². The molecule has 0 aliphatic carbocycles. The van der Waals surface area contributed by atoms with Crippen LogP contribution in [0.4, 0.5) is 0 Å². The van der Waals surface area contributed by atoms with E-state index in [9.17, 15) is 4.79 Å². The molecular weight excluding hydrogens is 308 g/mol. The zero-order valence-corrected chi connectivity index (χ0v) is 13.3. The van der Waals surface area contributed by atoms with Crippen LogP contribution >= 0.6 is 11.3 Å². The zero-order valence-electron chi connectivity index (χ0n) is 12.5. The molecular formula is C18H16N2O2S. The van der Waals surface area contributed by atoms with Gasteiger partial charge in [-0.3, -0.25) is 4.79 Å². The molecule has 0 saturated heterocycles. The lowest BCUT2D eigenvalue weighted by molar-refractivity contribution is 0.0754. The predicted molar refractivity (Wildman–Crippen MR) is 91.2 cm³/mol. The van der Waals surface area contributed by atoms with Crippen molar-refractivity contribution in [1.82, 2.24) is 10.1 Å². The van der Waals surface area contributed by atoms with Crippen LogP contribution < -0.4 is 0 Å². The van der Waals surface area contributed by atoms with Crippen LogP contribution in [0.5, 0.6) is 0 Å². The summed E-state index contributed by atoms with van der Waals surface area (Å²) in [6, 6.07) is 15.3. The maximum absolute atomic E-state index is 12.7. The molecule has 23 heavy (non-hydrogen) atoms. The first-order chi connectivity index (χ1) is 11.3. The van der Waals surface area contributed by atoms with Gasteiger partial charge in [0, 0.05) is 23.1 Å². The summed E-state index contributed by atoms with van der Waals surface area (Å²) >= 11 is 1.62. The Kier molecular flexibility index (Phi) is 4.68. The van der Waals surface area contributed by atoms with Gasteiger partial charge in [-0.2, -0.15) is 0 Å². The van der Waals surface area contributed by atoms with Crippen LogP contribution in [0.15, 0.2) is 71.1 Å². The highest BCUT2D eigenvalue weighted by Crippen LogP contribution is 2.21. The lowest BCUT2D eigenvalue weighted by atomic mass is 10.1. The monoisotopic (exact) mass is 324 g/mol. The summed E-state index contributed by atoms with van der Waals surface area (Å²) in [4.78, 5) is 15.5. The average Bonchev–Trinajstić information content (AvgIpc) is 3.26. The fourth-order valence-electron chi connectivity index (χ4n) is 2.24. The van der Waals surface area contributed by atoms with Gasteiger partial charge in [-0.1, -0.05) is 47.6 Å². The molecule has 1 amide bonds. The van der Waals surface area contributed by atoms with Crippen LogP contribution in [-0.4, -0.2) is 22.5 Å². The van der Waals surface area contributed by atoms with Crippen molar-refractivity contribution in [2.75, 3.05) is 6.54 Å². The Bertz CT molecular complexity index is 778. The average molecular weight is 324 g/mol. The highest BCUT2D eigenvalue weighted by molar-refractivity contribution is 7.09. The standard InChI is InChI=1S/C18H16N2O2S/c1-2-10-20(13-15-9-6-11-23-15)18(21)16-12-17(22-19-16)14-7-4-3-5-8-14/h2-9,11-12H,1,10,13H2. The van der Waals surface area contributed by atoms with Gasteiger partial charge in [-0.05, 0) is 11.4 Å². The molecule has 2 heterocycles. The Labute approximate surface area is 138 Å². The third-order valence-electron chi connectivity index (χ3n) is 3.35. The lowest BCUT2D eigenvalue weighted by Gasteiger charge is -2.18. The van der Waals surface area contributed by atoms with Gasteiger partial charge in [0.25, 0.3) is 5.91 Å². The molecule has 0 saturated carbocycles. The minimum atomic E-state index is -0.163. The SMILES string of the molecule is C=CCN(Cc1cccs1)C(=O)c1cc(-c2ccccc2)on1. The maximum atomic E-state index is 12.7. The molecule has 0 spiro atoms. The summed E-state index contributed by atoms with van der Waals surface area (Å²) in [6.45, 7) is 4.72. The predicted octanol–water partition coefficient (Wildman–Crippen LogP) is 4.23. The topological polar surface area (TPSA) is 46.3 Å². The van der Waals surface area contributed by atoms with Gasteiger partial charge in [-0.25, -0.2) is 0 Å². The van der Waals surface area contributed by atoms with E-state index < -0.39 is 0 Å². The number of aromatic nitrogens is 1. The second kappa shape index (κ2) is 7.07. The van der Waals surface area contributed by atoms with Crippen LogP contribution in [0.2, 0.25) is 0 Å². The molecule has 0 fully saturated rings. The fourth-order valence-corrected chi connectivity index (χ4v) is 2.96. The van der Waals surface area contributed by atoms with Crippen molar-refractivity contribution in [3.63, 3.8) is 0 Å². The van der Waals surface area contributed by atoms with Crippen molar-refractivity contribution in [3.8, 4) is 11.3 Å². The maximum Gasteiger partial charge on any atom is 0.276 e. The van der Waals surface area contributed by atoms with Crippen molar-refractivity contribution in [3.05, 3.63) is 77.1 Å². The highest BCUT2D eigenvalue weighted by atomic mass is 32.1. The normalized spacial score (nSPS) is 10.4. The van der Waals surface area contributed by atoms with Gasteiger partial charge in [0.2, 0.25) is 0 Å². The molecule has 4 nitrogen and oxygen atoms in total. The number of carbonyl (C=O) groups is 1. The number of hydrogen-bond donors (Lipinski definition) is 0. The molecule has 1 aromatic carbocycles. The Balaban J connectivity index is 1.80. The van der Waals surface area contributed by atoms with E-state index in [-0.39, 0.29) is 5.91 Å². The smallest absolute Gasteiger partial charge is 0.276 e. The second-order valence-corrected chi connectivity index (χ2v) is 6.03. The van der Waals surface area contributed by atoms with Crippen molar-refractivity contribution in [1.29, 1.82) is 0 Å². The highest BCUT2D eigenvalue weighted by Gasteiger charge is 2.20. The minimum Gasteiger partial charge on any atom is -0.355 e. The Hall–Kier alpha value is -2.66. The van der Waals surface area contributed by atoms with Gasteiger partial charge in [0.05, 0.1) is 6.54 Å². The fraction of sp³-hybridized carbons (Fsp3) is 0.111. The molecule has 0 atom stereocenters. The van der Waals surface area contributed by atoms with Crippen molar-refractivity contribution in [2.45, 2.75) is 6.54 Å². The van der Waals surface area contributed by atoms with E-state index in [2.05, 4.69) is 11.7 Å². The number of hydrogen-bond acceptors (Lipinski definition) is 4. The number of nitrogens with zero attached hydrogens (tertiary/aromatic N) is 2. The lowest BCUT2D eigenvalue weighted by Crippen LogP contribution is -2.30. The Morgan fingerprint density at radius 3 is 2.78 bits per heavy atom. The molecule has 0 unspecified atom stereocenters. The first kappa shape index (κ1) is 15.2. The Morgan fingerprint density at radius 2 is 2.09 bits per heavy atom. The molecule has 3 rings (SSSR count).